The molecule has 3 nitrogen and oxygen atoms in total. The minimum atomic E-state index is 0.369. The monoisotopic (exact) mass is 317 g/mol. The number of halogens is 1. The van der Waals surface area contributed by atoms with Crippen molar-refractivity contribution in [3.05, 3.63) is 59.1 Å². The molecule has 2 aromatic rings. The Morgan fingerprint density at radius 2 is 1.95 bits per heavy atom. The molecule has 3 rings (SSSR count). The highest BCUT2D eigenvalue weighted by molar-refractivity contribution is 6.30. The second kappa shape index (κ2) is 7.14. The third-order valence-electron chi connectivity index (χ3n) is 3.92. The third kappa shape index (κ3) is 4.01. The van der Waals surface area contributed by atoms with Crippen molar-refractivity contribution in [1.82, 2.24) is 4.90 Å². The average molecular weight is 318 g/mol. The van der Waals surface area contributed by atoms with Crippen LogP contribution in [0.15, 0.2) is 48.5 Å². The van der Waals surface area contributed by atoms with Crippen molar-refractivity contribution in [2.75, 3.05) is 20.2 Å². The van der Waals surface area contributed by atoms with Gasteiger partial charge in [-0.05, 0) is 48.4 Å². The van der Waals surface area contributed by atoms with Crippen molar-refractivity contribution in [2.24, 2.45) is 0 Å². The van der Waals surface area contributed by atoms with Crippen LogP contribution in [0.2, 0.25) is 5.02 Å². The Labute approximate surface area is 136 Å². The zero-order valence-corrected chi connectivity index (χ0v) is 13.4. The molecule has 0 N–H and O–H groups in total. The summed E-state index contributed by atoms with van der Waals surface area (Å²) < 4.78 is 11.3. The Morgan fingerprint density at radius 3 is 2.68 bits per heavy atom. The number of rotatable bonds is 5. The highest BCUT2D eigenvalue weighted by Gasteiger charge is 2.21. The van der Waals surface area contributed by atoms with E-state index >= 15 is 0 Å². The fourth-order valence-electron chi connectivity index (χ4n) is 2.74. The van der Waals surface area contributed by atoms with Crippen molar-refractivity contribution in [3.8, 4) is 11.5 Å². The van der Waals surface area contributed by atoms with Gasteiger partial charge in [-0.15, -0.1) is 0 Å². The van der Waals surface area contributed by atoms with Crippen molar-refractivity contribution in [3.63, 3.8) is 0 Å². The van der Waals surface area contributed by atoms with E-state index in [2.05, 4.69) is 17.0 Å². The Hall–Kier alpha value is -1.55. The van der Waals surface area contributed by atoms with Crippen LogP contribution in [0.3, 0.4) is 0 Å². The van der Waals surface area contributed by atoms with Crippen LogP contribution in [0.25, 0.3) is 0 Å². The summed E-state index contributed by atoms with van der Waals surface area (Å²) in [6.45, 7) is 3.01. The molecule has 4 heteroatoms. The van der Waals surface area contributed by atoms with Crippen LogP contribution in [-0.4, -0.2) is 31.2 Å². The molecule has 22 heavy (non-hydrogen) atoms. The molecule has 116 valence electrons. The molecule has 2 aromatic carbocycles. The molecule has 1 heterocycles. The van der Waals surface area contributed by atoms with E-state index in [1.807, 2.05) is 36.4 Å². The molecule has 0 aliphatic carbocycles. The SMILES string of the molecule is CO[C@@H]1CCN(Cc2cccc(Oc3ccc(Cl)cc3)c2)C1. The molecule has 1 saturated heterocycles. The zero-order chi connectivity index (χ0) is 15.4. The number of hydrogen-bond acceptors (Lipinski definition) is 3. The molecule has 0 unspecified atom stereocenters. The molecule has 0 amide bonds. The lowest BCUT2D eigenvalue weighted by Crippen LogP contribution is -2.22. The first-order valence-corrected chi connectivity index (χ1v) is 7.88. The Kier molecular flexibility index (Phi) is 4.98. The standard InChI is InChI=1S/C18H20ClNO2/c1-21-18-9-10-20(13-18)12-14-3-2-4-17(11-14)22-16-7-5-15(19)6-8-16/h2-8,11,18H,9-10,12-13H2,1H3/t18-/m1/s1. The Balaban J connectivity index is 1.63. The fraction of sp³-hybridized carbons (Fsp3) is 0.333. The summed E-state index contributed by atoms with van der Waals surface area (Å²) >= 11 is 5.89. The zero-order valence-electron chi connectivity index (χ0n) is 12.7. The number of ether oxygens (including phenoxy) is 2. The quantitative estimate of drug-likeness (QED) is 0.818. The van der Waals surface area contributed by atoms with E-state index in [0.717, 1.165) is 37.6 Å². The van der Waals surface area contributed by atoms with Crippen LogP contribution in [0.1, 0.15) is 12.0 Å². The lowest BCUT2D eigenvalue weighted by molar-refractivity contribution is 0.107. The second-order valence-electron chi connectivity index (χ2n) is 5.58. The van der Waals surface area contributed by atoms with Crippen LogP contribution in [-0.2, 0) is 11.3 Å². The number of likely N-dealkylation sites (tertiary alicyclic amines) is 1. The maximum Gasteiger partial charge on any atom is 0.127 e. The van der Waals surface area contributed by atoms with Gasteiger partial charge in [-0.25, -0.2) is 0 Å². The molecule has 0 saturated carbocycles. The molecule has 1 fully saturated rings. The molecule has 0 spiro atoms. The summed E-state index contributed by atoms with van der Waals surface area (Å²) in [6.07, 6.45) is 1.48. The van der Waals surface area contributed by atoms with E-state index in [1.54, 1.807) is 7.11 Å². The van der Waals surface area contributed by atoms with Gasteiger partial charge in [0.15, 0.2) is 0 Å². The fourth-order valence-corrected chi connectivity index (χ4v) is 2.86. The van der Waals surface area contributed by atoms with E-state index in [1.165, 1.54) is 5.56 Å². The molecule has 0 bridgehead atoms. The van der Waals surface area contributed by atoms with E-state index in [9.17, 15) is 0 Å². The summed E-state index contributed by atoms with van der Waals surface area (Å²) in [5.41, 5.74) is 1.25. The number of nitrogens with zero attached hydrogens (tertiary/aromatic N) is 1. The van der Waals surface area contributed by atoms with Crippen LogP contribution < -0.4 is 4.74 Å². The van der Waals surface area contributed by atoms with E-state index in [4.69, 9.17) is 21.1 Å². The number of benzene rings is 2. The average Bonchev–Trinajstić information content (AvgIpc) is 2.98. The molecular weight excluding hydrogens is 298 g/mol. The summed E-state index contributed by atoms with van der Waals surface area (Å²) in [5, 5.41) is 0.711. The van der Waals surface area contributed by atoms with Gasteiger partial charge in [-0.3, -0.25) is 4.90 Å². The normalized spacial score (nSPS) is 18.5. The molecule has 1 atom stereocenters. The largest absolute Gasteiger partial charge is 0.457 e. The van der Waals surface area contributed by atoms with Crippen LogP contribution in [0.5, 0.6) is 11.5 Å². The van der Waals surface area contributed by atoms with Crippen molar-refractivity contribution in [2.45, 2.75) is 19.1 Å². The minimum absolute atomic E-state index is 0.369. The van der Waals surface area contributed by atoms with Gasteiger partial charge in [0.25, 0.3) is 0 Å². The maximum atomic E-state index is 5.89. The van der Waals surface area contributed by atoms with Gasteiger partial charge >= 0.3 is 0 Å². The van der Waals surface area contributed by atoms with Crippen LogP contribution in [0, 0.1) is 0 Å². The number of methoxy groups -OCH3 is 1. The van der Waals surface area contributed by atoms with E-state index in [0.29, 0.717) is 11.1 Å². The topological polar surface area (TPSA) is 21.7 Å². The van der Waals surface area contributed by atoms with Crippen LogP contribution in [0.4, 0.5) is 0 Å². The smallest absolute Gasteiger partial charge is 0.127 e. The van der Waals surface area contributed by atoms with Crippen LogP contribution >= 0.6 is 11.6 Å². The summed E-state index contributed by atoms with van der Waals surface area (Å²) in [5.74, 6) is 1.64. The van der Waals surface area contributed by atoms with Crippen molar-refractivity contribution < 1.29 is 9.47 Å². The van der Waals surface area contributed by atoms with Gasteiger partial charge in [0.1, 0.15) is 11.5 Å². The second-order valence-corrected chi connectivity index (χ2v) is 6.02. The third-order valence-corrected chi connectivity index (χ3v) is 4.17. The summed E-state index contributed by atoms with van der Waals surface area (Å²) in [6, 6.07) is 15.6. The first-order valence-electron chi connectivity index (χ1n) is 7.50. The summed E-state index contributed by atoms with van der Waals surface area (Å²) in [4.78, 5) is 2.41. The van der Waals surface area contributed by atoms with E-state index in [-0.39, 0.29) is 0 Å². The molecule has 1 aliphatic rings. The van der Waals surface area contributed by atoms with Gasteiger partial charge in [-0.1, -0.05) is 23.7 Å². The van der Waals surface area contributed by atoms with Gasteiger partial charge in [0, 0.05) is 31.8 Å². The van der Waals surface area contributed by atoms with Gasteiger partial charge in [-0.2, -0.15) is 0 Å². The first-order chi connectivity index (χ1) is 10.7. The van der Waals surface area contributed by atoms with Gasteiger partial charge in [0.05, 0.1) is 6.10 Å². The van der Waals surface area contributed by atoms with Gasteiger partial charge in [0.2, 0.25) is 0 Å². The van der Waals surface area contributed by atoms with Gasteiger partial charge < -0.3 is 9.47 Å². The lowest BCUT2D eigenvalue weighted by atomic mass is 10.2. The minimum Gasteiger partial charge on any atom is -0.457 e. The number of hydrogen-bond donors (Lipinski definition) is 0. The van der Waals surface area contributed by atoms with Crippen molar-refractivity contribution in [1.29, 1.82) is 0 Å². The highest BCUT2D eigenvalue weighted by Crippen LogP contribution is 2.25. The molecule has 1 aliphatic heterocycles. The maximum absolute atomic E-state index is 5.89. The highest BCUT2D eigenvalue weighted by atomic mass is 35.5. The predicted molar refractivity (Wildman–Crippen MR) is 88.7 cm³/mol. The van der Waals surface area contributed by atoms with Crippen molar-refractivity contribution >= 4 is 11.6 Å². The van der Waals surface area contributed by atoms with E-state index < -0.39 is 0 Å². The summed E-state index contributed by atoms with van der Waals surface area (Å²) in [7, 11) is 1.79. The molecule has 0 radical (unpaired) electrons. The Morgan fingerprint density at radius 1 is 1.14 bits per heavy atom. The molecular formula is C18H20ClNO2. The molecule has 0 aromatic heterocycles. The Bertz CT molecular complexity index is 615. The predicted octanol–water partition coefficient (Wildman–Crippen LogP) is 4.35. The first kappa shape index (κ1) is 15.3. The lowest BCUT2D eigenvalue weighted by Gasteiger charge is -2.16.